The predicted molar refractivity (Wildman–Crippen MR) is 64.5 cm³/mol. The first-order valence-electron chi connectivity index (χ1n) is 5.33. The largest absolute Gasteiger partial charge is 0.155 e. The van der Waals surface area contributed by atoms with Crippen molar-refractivity contribution in [1.82, 2.24) is 0 Å². The van der Waals surface area contributed by atoms with Crippen molar-refractivity contribution in [2.45, 2.75) is 33.6 Å². The second kappa shape index (κ2) is 6.12. The molecule has 15 heavy (non-hydrogen) atoms. The first-order valence-corrected chi connectivity index (χ1v) is 5.33. The summed E-state index contributed by atoms with van der Waals surface area (Å²) in [7, 11) is 0. The molecule has 1 aliphatic rings. The standard InChI is InChI=1S/C13H18N2/c1-4-6-12(5-2)14-15-13-9-7-11(3)8-10-13/h4-7,9H,8,10H2,1-3H3/b6-4-,12-5+,15-14?. The summed E-state index contributed by atoms with van der Waals surface area (Å²) in [5.41, 5.74) is 3.38. The van der Waals surface area contributed by atoms with Crippen LogP contribution in [0.3, 0.4) is 0 Å². The lowest BCUT2D eigenvalue weighted by Gasteiger charge is -2.06. The van der Waals surface area contributed by atoms with Gasteiger partial charge < -0.3 is 0 Å². The zero-order valence-corrected chi connectivity index (χ0v) is 9.70. The van der Waals surface area contributed by atoms with E-state index in [2.05, 4.69) is 23.2 Å². The van der Waals surface area contributed by atoms with Crippen LogP contribution in [0.15, 0.2) is 57.6 Å². The molecule has 0 saturated carbocycles. The van der Waals surface area contributed by atoms with E-state index in [1.54, 1.807) is 0 Å². The fourth-order valence-corrected chi connectivity index (χ4v) is 1.29. The molecule has 1 aliphatic carbocycles. The average Bonchev–Trinajstić information content (AvgIpc) is 2.26. The molecule has 0 amide bonds. The molecule has 2 heteroatoms. The predicted octanol–water partition coefficient (Wildman–Crippen LogP) is 4.54. The van der Waals surface area contributed by atoms with Crippen LogP contribution in [0.25, 0.3) is 0 Å². The van der Waals surface area contributed by atoms with Gasteiger partial charge in [0, 0.05) is 0 Å². The Morgan fingerprint density at radius 3 is 2.60 bits per heavy atom. The van der Waals surface area contributed by atoms with E-state index in [-0.39, 0.29) is 0 Å². The van der Waals surface area contributed by atoms with Crippen LogP contribution in [-0.2, 0) is 0 Å². The molecule has 0 unspecified atom stereocenters. The molecule has 0 radical (unpaired) electrons. The van der Waals surface area contributed by atoms with E-state index in [0.29, 0.717) is 0 Å². The Hall–Kier alpha value is -1.44. The number of hydrogen-bond acceptors (Lipinski definition) is 2. The van der Waals surface area contributed by atoms with Crippen LogP contribution in [0.1, 0.15) is 33.6 Å². The number of rotatable bonds is 3. The highest BCUT2D eigenvalue weighted by molar-refractivity contribution is 5.22. The lowest BCUT2D eigenvalue weighted by atomic mass is 10.1. The summed E-state index contributed by atoms with van der Waals surface area (Å²) in [6.07, 6.45) is 12.1. The molecule has 0 aromatic carbocycles. The molecule has 0 heterocycles. The molecule has 0 aromatic heterocycles. The molecule has 0 spiro atoms. The third kappa shape index (κ3) is 4.07. The fraction of sp³-hybridized carbons (Fsp3) is 0.385. The van der Waals surface area contributed by atoms with Crippen molar-refractivity contribution in [3.63, 3.8) is 0 Å². The molecule has 0 aliphatic heterocycles. The molecule has 0 atom stereocenters. The molecule has 1 rings (SSSR count). The first kappa shape index (κ1) is 11.6. The Kier molecular flexibility index (Phi) is 4.75. The summed E-state index contributed by atoms with van der Waals surface area (Å²) in [5, 5.41) is 8.41. The monoisotopic (exact) mass is 202 g/mol. The van der Waals surface area contributed by atoms with Crippen molar-refractivity contribution in [2.24, 2.45) is 10.2 Å². The van der Waals surface area contributed by atoms with Crippen molar-refractivity contribution in [3.8, 4) is 0 Å². The first-order chi connectivity index (χ1) is 7.26. The van der Waals surface area contributed by atoms with Gasteiger partial charge in [0.2, 0.25) is 0 Å². The summed E-state index contributed by atoms with van der Waals surface area (Å²) in [6.45, 7) is 6.08. The highest BCUT2D eigenvalue weighted by atomic mass is 15.1. The maximum absolute atomic E-state index is 4.23. The average molecular weight is 202 g/mol. The fourth-order valence-electron chi connectivity index (χ4n) is 1.29. The van der Waals surface area contributed by atoms with Gasteiger partial charge in [-0.05, 0) is 45.8 Å². The van der Waals surface area contributed by atoms with Gasteiger partial charge in [0.15, 0.2) is 0 Å². The van der Waals surface area contributed by atoms with E-state index in [0.717, 1.165) is 24.2 Å². The minimum absolute atomic E-state index is 0.907. The van der Waals surface area contributed by atoms with Gasteiger partial charge in [-0.1, -0.05) is 23.8 Å². The number of hydrogen-bond donors (Lipinski definition) is 0. The van der Waals surface area contributed by atoms with Crippen LogP contribution in [0, 0.1) is 0 Å². The molecule has 0 N–H and O–H groups in total. The van der Waals surface area contributed by atoms with Crippen LogP contribution in [-0.4, -0.2) is 0 Å². The van der Waals surface area contributed by atoms with E-state index in [1.807, 2.05) is 38.2 Å². The number of allylic oxidation sites excluding steroid dienone is 7. The third-order valence-electron chi connectivity index (χ3n) is 2.26. The molecule has 0 bridgehead atoms. The maximum Gasteiger partial charge on any atom is 0.0811 e. The van der Waals surface area contributed by atoms with Crippen molar-refractivity contribution in [2.75, 3.05) is 0 Å². The van der Waals surface area contributed by atoms with Crippen LogP contribution in [0.2, 0.25) is 0 Å². The highest BCUT2D eigenvalue weighted by Gasteiger charge is 2.01. The van der Waals surface area contributed by atoms with Gasteiger partial charge in [0.25, 0.3) is 0 Å². The van der Waals surface area contributed by atoms with Crippen molar-refractivity contribution < 1.29 is 0 Å². The topological polar surface area (TPSA) is 24.7 Å². The molecule has 2 nitrogen and oxygen atoms in total. The van der Waals surface area contributed by atoms with Gasteiger partial charge in [-0.15, -0.1) is 0 Å². The third-order valence-corrected chi connectivity index (χ3v) is 2.26. The van der Waals surface area contributed by atoms with Gasteiger partial charge in [-0.25, -0.2) is 0 Å². The Morgan fingerprint density at radius 1 is 1.27 bits per heavy atom. The quantitative estimate of drug-likeness (QED) is 0.474. The van der Waals surface area contributed by atoms with E-state index in [1.165, 1.54) is 5.57 Å². The molecule has 80 valence electrons. The van der Waals surface area contributed by atoms with Gasteiger partial charge in [0.1, 0.15) is 0 Å². The molecule has 0 fully saturated rings. The second-order valence-corrected chi connectivity index (χ2v) is 3.58. The molecular formula is C13H18N2. The molecular weight excluding hydrogens is 184 g/mol. The van der Waals surface area contributed by atoms with Gasteiger partial charge >= 0.3 is 0 Å². The minimum Gasteiger partial charge on any atom is -0.155 e. The van der Waals surface area contributed by atoms with Gasteiger partial charge in [-0.3, -0.25) is 0 Å². The summed E-state index contributed by atoms with van der Waals surface area (Å²) in [5.74, 6) is 0. The Labute approximate surface area is 91.8 Å². The van der Waals surface area contributed by atoms with Crippen molar-refractivity contribution in [1.29, 1.82) is 0 Å². The Bertz CT molecular complexity index is 355. The second-order valence-electron chi connectivity index (χ2n) is 3.58. The van der Waals surface area contributed by atoms with Crippen LogP contribution < -0.4 is 0 Å². The molecule has 0 aromatic rings. The summed E-state index contributed by atoms with van der Waals surface area (Å²) in [4.78, 5) is 0. The zero-order valence-electron chi connectivity index (χ0n) is 9.70. The highest BCUT2D eigenvalue weighted by Crippen LogP contribution is 2.19. The van der Waals surface area contributed by atoms with Crippen molar-refractivity contribution >= 4 is 0 Å². The smallest absolute Gasteiger partial charge is 0.0811 e. The molecule has 0 saturated heterocycles. The van der Waals surface area contributed by atoms with E-state index >= 15 is 0 Å². The summed E-state index contributed by atoms with van der Waals surface area (Å²) in [6, 6.07) is 0. The normalized spacial score (nSPS) is 18.5. The van der Waals surface area contributed by atoms with E-state index < -0.39 is 0 Å². The number of nitrogens with zero attached hydrogens (tertiary/aromatic N) is 2. The van der Waals surface area contributed by atoms with Gasteiger partial charge in [0.05, 0.1) is 11.4 Å². The lowest BCUT2D eigenvalue weighted by Crippen LogP contribution is -1.87. The SMILES string of the molecule is C/C=C\C(=C/C)N=NC1=CC=C(C)CC1. The number of azo groups is 1. The lowest BCUT2D eigenvalue weighted by molar-refractivity contribution is 0.865. The Balaban J connectivity index is 2.66. The van der Waals surface area contributed by atoms with E-state index in [9.17, 15) is 0 Å². The summed E-state index contributed by atoms with van der Waals surface area (Å²) < 4.78 is 0. The zero-order chi connectivity index (χ0) is 11.1. The van der Waals surface area contributed by atoms with Crippen LogP contribution >= 0.6 is 0 Å². The Morgan fingerprint density at radius 2 is 2.07 bits per heavy atom. The maximum atomic E-state index is 4.23. The summed E-state index contributed by atoms with van der Waals surface area (Å²) >= 11 is 0. The van der Waals surface area contributed by atoms with E-state index in [4.69, 9.17) is 0 Å². The minimum atomic E-state index is 0.907. The van der Waals surface area contributed by atoms with Gasteiger partial charge in [-0.2, -0.15) is 10.2 Å². The van der Waals surface area contributed by atoms with Crippen LogP contribution in [0.4, 0.5) is 0 Å². The van der Waals surface area contributed by atoms with Crippen LogP contribution in [0.5, 0.6) is 0 Å². The van der Waals surface area contributed by atoms with Crippen molar-refractivity contribution in [3.05, 3.63) is 47.3 Å².